The number of piperazine rings is 1. The number of ether oxygens (including phenoxy) is 3. The molecule has 4 heterocycles. The maximum Gasteiger partial charge on any atom is 0.410 e. The second kappa shape index (κ2) is 11.5. The van der Waals surface area contributed by atoms with Gasteiger partial charge in [0.15, 0.2) is 5.82 Å². The number of nitrogens with zero attached hydrogens (tertiary/aromatic N) is 5. The van der Waals surface area contributed by atoms with E-state index in [2.05, 4.69) is 35.5 Å². The highest BCUT2D eigenvalue weighted by Crippen LogP contribution is 2.42. The van der Waals surface area contributed by atoms with Crippen molar-refractivity contribution in [2.45, 2.75) is 89.9 Å². The first-order valence-corrected chi connectivity index (χ1v) is 14.9. The lowest BCUT2D eigenvalue weighted by atomic mass is 9.95. The van der Waals surface area contributed by atoms with E-state index in [4.69, 9.17) is 9.47 Å². The number of amides is 1. The fourth-order valence-corrected chi connectivity index (χ4v) is 6.65. The zero-order valence-corrected chi connectivity index (χ0v) is 25.9. The molecule has 42 heavy (non-hydrogen) atoms. The molecule has 0 saturated carbocycles. The molecule has 4 atom stereocenters. The Bertz CT molecular complexity index is 1350. The summed E-state index contributed by atoms with van der Waals surface area (Å²) in [6, 6.07) is 0.516. The molecule has 1 amide bonds. The van der Waals surface area contributed by atoms with Gasteiger partial charge < -0.3 is 24.0 Å². The van der Waals surface area contributed by atoms with Crippen molar-refractivity contribution in [3.05, 3.63) is 16.4 Å². The number of carbonyl (C=O) groups excluding carboxylic acids is 1. The molecular weight excluding hydrogens is 626 g/mol. The molecule has 1 aromatic heterocycles. The number of hydrogen-bond acceptors (Lipinski definition) is 8. The lowest BCUT2D eigenvalue weighted by Crippen LogP contribution is -2.59. The van der Waals surface area contributed by atoms with Gasteiger partial charge in [0.05, 0.1) is 10.0 Å². The van der Waals surface area contributed by atoms with E-state index in [1.54, 1.807) is 25.7 Å². The molecule has 3 aliphatic heterocycles. The van der Waals surface area contributed by atoms with Gasteiger partial charge in [0.1, 0.15) is 35.5 Å². The first kappa shape index (κ1) is 30.8. The Morgan fingerprint density at radius 1 is 1.19 bits per heavy atom. The highest BCUT2D eigenvalue weighted by molar-refractivity contribution is 9.10. The molecule has 3 saturated heterocycles. The minimum atomic E-state index is -3.18. The van der Waals surface area contributed by atoms with Gasteiger partial charge in [-0.15, -0.1) is 0 Å². The summed E-state index contributed by atoms with van der Waals surface area (Å²) < 4.78 is 72.3. The molecule has 1 aromatic carbocycles. The Labute approximate surface area is 250 Å². The third-order valence-electron chi connectivity index (χ3n) is 8.13. The molecule has 0 spiro atoms. The van der Waals surface area contributed by atoms with Crippen LogP contribution in [0, 0.1) is 5.82 Å². The predicted molar refractivity (Wildman–Crippen MR) is 152 cm³/mol. The number of carbonyl (C=O) groups is 1. The molecule has 0 aliphatic carbocycles. The molecule has 0 unspecified atom stereocenters. The van der Waals surface area contributed by atoms with Crippen LogP contribution in [0.2, 0.25) is 0 Å². The van der Waals surface area contributed by atoms with E-state index < -0.39 is 41.6 Å². The number of hydrogen-bond donors (Lipinski definition) is 0. The normalized spacial score (nSPS) is 26.7. The van der Waals surface area contributed by atoms with Gasteiger partial charge in [-0.1, -0.05) is 0 Å². The Hall–Kier alpha value is -2.61. The molecule has 3 aliphatic rings. The van der Waals surface area contributed by atoms with E-state index >= 15 is 4.39 Å². The van der Waals surface area contributed by atoms with Gasteiger partial charge in [0, 0.05) is 43.5 Å². The minimum Gasteiger partial charge on any atom is -0.461 e. The fraction of sp³-hybridized carbons (Fsp3) is 0.679. The van der Waals surface area contributed by atoms with E-state index in [9.17, 15) is 18.0 Å². The molecule has 0 N–H and O–H groups in total. The Balaban J connectivity index is 1.52. The van der Waals surface area contributed by atoms with Crippen molar-refractivity contribution in [1.29, 1.82) is 0 Å². The largest absolute Gasteiger partial charge is 0.461 e. The van der Waals surface area contributed by atoms with Crippen LogP contribution in [0.4, 0.5) is 28.2 Å². The topological polar surface area (TPSA) is 80.3 Å². The van der Waals surface area contributed by atoms with Crippen molar-refractivity contribution in [3.8, 4) is 11.8 Å². The van der Waals surface area contributed by atoms with Gasteiger partial charge in [-0.3, -0.25) is 4.90 Å². The third kappa shape index (κ3) is 6.06. The van der Waals surface area contributed by atoms with Crippen molar-refractivity contribution in [1.82, 2.24) is 19.8 Å². The van der Waals surface area contributed by atoms with Gasteiger partial charge in [0.2, 0.25) is 0 Å². The number of halogens is 5. The summed E-state index contributed by atoms with van der Waals surface area (Å²) in [5.41, 5.74) is -1.30. The van der Waals surface area contributed by atoms with E-state index in [1.807, 2.05) is 18.7 Å². The zero-order valence-electron chi connectivity index (χ0n) is 24.3. The van der Waals surface area contributed by atoms with Gasteiger partial charge in [-0.2, -0.15) is 18.7 Å². The SMILES string of the molecule is C[C@@H]1CN(c2nc(OC[C@@]34CCCN3C[C@H](F)C4)nc3c(F)c(Br)c(OC(F)F)cc23)[C@@H](C)CN1C(=O)OC(C)(C)C. The van der Waals surface area contributed by atoms with Gasteiger partial charge in [-0.25, -0.2) is 13.6 Å². The number of rotatable bonds is 6. The highest BCUT2D eigenvalue weighted by Gasteiger charge is 2.49. The number of alkyl halides is 3. The summed E-state index contributed by atoms with van der Waals surface area (Å²) in [5, 5.41) is 0.147. The van der Waals surface area contributed by atoms with Gasteiger partial charge in [-0.05, 0) is 76.0 Å². The Morgan fingerprint density at radius 3 is 2.62 bits per heavy atom. The van der Waals surface area contributed by atoms with Gasteiger partial charge >= 0.3 is 18.7 Å². The summed E-state index contributed by atoms with van der Waals surface area (Å²) in [6.07, 6.45) is 0.619. The fourth-order valence-electron chi connectivity index (χ4n) is 6.25. The van der Waals surface area contributed by atoms with Crippen LogP contribution in [0.5, 0.6) is 11.8 Å². The maximum absolute atomic E-state index is 15.7. The second-order valence-electron chi connectivity index (χ2n) is 12.5. The number of aromatic nitrogens is 2. The summed E-state index contributed by atoms with van der Waals surface area (Å²) in [5.74, 6) is -1.06. The standard InChI is InChI=1S/C28H36BrF4N5O4/c1-15-12-38(26(39)42-27(3,4)5)16(2)11-37(15)23-18-9-19(41-24(32)33)20(29)21(31)22(18)34-25(35-23)40-14-28-7-6-8-36(28)13-17(30)10-28/h9,15-17,24H,6-8,10-14H2,1-5H3/t15-,16+,17+,28-/m0/s1. The first-order valence-electron chi connectivity index (χ1n) is 14.1. The van der Waals surface area contributed by atoms with E-state index in [0.29, 0.717) is 13.0 Å². The van der Waals surface area contributed by atoms with E-state index in [1.165, 1.54) is 6.07 Å². The molecule has 9 nitrogen and oxygen atoms in total. The number of benzene rings is 1. The lowest BCUT2D eigenvalue weighted by molar-refractivity contribution is -0.0504. The molecule has 0 radical (unpaired) electrons. The number of fused-ring (bicyclic) bond motifs is 2. The van der Waals surface area contributed by atoms with Crippen LogP contribution in [0.25, 0.3) is 10.9 Å². The van der Waals surface area contributed by atoms with Crippen LogP contribution in [-0.2, 0) is 4.74 Å². The maximum atomic E-state index is 15.7. The van der Waals surface area contributed by atoms with Crippen molar-refractivity contribution < 1.29 is 36.6 Å². The molecule has 5 rings (SSSR count). The summed E-state index contributed by atoms with van der Waals surface area (Å²) in [6.45, 7) is 7.73. The Morgan fingerprint density at radius 2 is 1.93 bits per heavy atom. The average molecular weight is 663 g/mol. The quantitative estimate of drug-likeness (QED) is 0.353. The summed E-state index contributed by atoms with van der Waals surface area (Å²) in [7, 11) is 0. The molecule has 2 aromatic rings. The highest BCUT2D eigenvalue weighted by atomic mass is 79.9. The van der Waals surface area contributed by atoms with Crippen molar-refractivity contribution in [3.63, 3.8) is 0 Å². The van der Waals surface area contributed by atoms with Crippen molar-refractivity contribution in [2.24, 2.45) is 0 Å². The van der Waals surface area contributed by atoms with Crippen molar-refractivity contribution in [2.75, 3.05) is 37.7 Å². The van der Waals surface area contributed by atoms with Crippen LogP contribution in [0.3, 0.4) is 0 Å². The predicted octanol–water partition coefficient (Wildman–Crippen LogP) is 5.92. The van der Waals surface area contributed by atoms with Crippen LogP contribution in [0.15, 0.2) is 10.5 Å². The number of anilines is 1. The van der Waals surface area contributed by atoms with Crippen molar-refractivity contribution >= 4 is 38.7 Å². The van der Waals surface area contributed by atoms with Crippen LogP contribution < -0.4 is 14.4 Å². The minimum absolute atomic E-state index is 0.108. The molecule has 232 valence electrons. The van der Waals surface area contributed by atoms with Crippen LogP contribution in [-0.4, -0.2) is 94.7 Å². The second-order valence-corrected chi connectivity index (χ2v) is 13.2. The van der Waals surface area contributed by atoms with Crippen LogP contribution in [0.1, 0.15) is 53.9 Å². The van der Waals surface area contributed by atoms with E-state index in [0.717, 1.165) is 19.4 Å². The van der Waals surface area contributed by atoms with Gasteiger partial charge in [0.25, 0.3) is 0 Å². The molecule has 3 fully saturated rings. The summed E-state index contributed by atoms with van der Waals surface area (Å²) >= 11 is 3.02. The molecular formula is C28H36BrF4N5O4. The lowest BCUT2D eigenvalue weighted by Gasteiger charge is -2.45. The zero-order chi connectivity index (χ0) is 30.6. The monoisotopic (exact) mass is 661 g/mol. The first-order chi connectivity index (χ1) is 19.7. The van der Waals surface area contributed by atoms with Crippen LogP contribution >= 0.6 is 15.9 Å². The molecule has 14 heteroatoms. The van der Waals surface area contributed by atoms with E-state index in [-0.39, 0.29) is 59.0 Å². The Kier molecular flexibility index (Phi) is 8.42. The average Bonchev–Trinajstić information content (AvgIpc) is 3.41. The molecule has 0 bridgehead atoms. The smallest absolute Gasteiger partial charge is 0.410 e. The summed E-state index contributed by atoms with van der Waals surface area (Å²) in [4.78, 5) is 27.4. The third-order valence-corrected chi connectivity index (χ3v) is 8.87.